The fourth-order valence-electron chi connectivity index (χ4n) is 5.19. The highest BCUT2D eigenvalue weighted by molar-refractivity contribution is 7.12. The summed E-state index contributed by atoms with van der Waals surface area (Å²) >= 11 is 1.75. The largest absolute Gasteiger partial charge is 0.358 e. The molecule has 3 N–H and O–H groups in total. The van der Waals surface area contributed by atoms with Gasteiger partial charge in [-0.25, -0.2) is 4.98 Å². The molecule has 8 heteroatoms. The van der Waals surface area contributed by atoms with Gasteiger partial charge >= 0.3 is 0 Å². The minimum atomic E-state index is -0.502. The van der Waals surface area contributed by atoms with E-state index in [1.54, 1.807) is 22.1 Å². The summed E-state index contributed by atoms with van der Waals surface area (Å²) in [5.41, 5.74) is 3.12. The second kappa shape index (κ2) is 8.67. The summed E-state index contributed by atoms with van der Waals surface area (Å²) in [6.45, 7) is 3.82. The Morgan fingerprint density at radius 2 is 2.03 bits per heavy atom. The predicted molar refractivity (Wildman–Crippen MR) is 133 cm³/mol. The summed E-state index contributed by atoms with van der Waals surface area (Å²) in [6, 6.07) is 11.9. The molecule has 3 atom stereocenters. The number of aromatic nitrogens is 2. The Hall–Kier alpha value is -2.97. The van der Waals surface area contributed by atoms with Gasteiger partial charge in [-0.15, -0.1) is 11.3 Å². The van der Waals surface area contributed by atoms with Crippen molar-refractivity contribution in [1.29, 1.82) is 0 Å². The molecule has 176 valence electrons. The van der Waals surface area contributed by atoms with Crippen molar-refractivity contribution in [3.8, 4) is 0 Å². The molecule has 0 bridgehead atoms. The van der Waals surface area contributed by atoms with Crippen LogP contribution in [0.4, 0.5) is 5.82 Å². The number of fused-ring (bicyclic) bond motifs is 2. The number of aryl methyl sites for hydroxylation is 1. The monoisotopic (exact) mass is 475 g/mol. The number of hydrogen-bond donors (Lipinski definition) is 3. The van der Waals surface area contributed by atoms with Crippen molar-refractivity contribution in [2.75, 3.05) is 5.32 Å². The topological polar surface area (TPSA) is 88.1 Å². The number of anilines is 1. The number of nitrogens with one attached hydrogen (secondary N) is 3. The molecule has 1 saturated carbocycles. The minimum Gasteiger partial charge on any atom is -0.358 e. The number of nitrogens with zero attached hydrogens (tertiary/aromatic N) is 2. The minimum absolute atomic E-state index is 0.0593. The van der Waals surface area contributed by atoms with Gasteiger partial charge in [0.05, 0.1) is 12.1 Å². The Kier molecular flexibility index (Phi) is 5.50. The Labute approximate surface area is 202 Å². The third-order valence-electron chi connectivity index (χ3n) is 7.21. The van der Waals surface area contributed by atoms with E-state index in [9.17, 15) is 9.59 Å². The van der Waals surface area contributed by atoms with Crippen LogP contribution in [-0.4, -0.2) is 15.5 Å². The molecular weight excluding hydrogens is 446 g/mol. The number of carbonyl (C=O) groups excluding carboxylic acids is 1. The van der Waals surface area contributed by atoms with Gasteiger partial charge in [0.25, 0.3) is 5.56 Å². The number of carbonyl (C=O) groups is 1. The Morgan fingerprint density at radius 3 is 2.79 bits per heavy atom. The molecule has 34 heavy (non-hydrogen) atoms. The van der Waals surface area contributed by atoms with Crippen molar-refractivity contribution in [2.24, 2.45) is 5.92 Å². The molecule has 2 aliphatic heterocycles. The quantitative estimate of drug-likeness (QED) is 0.483. The van der Waals surface area contributed by atoms with Crippen molar-refractivity contribution in [2.45, 2.75) is 63.8 Å². The van der Waals surface area contributed by atoms with Crippen LogP contribution in [0.1, 0.15) is 70.9 Å². The SMILES string of the molecule is C[C@H](NC(=O)[C@@H]1CCc2cnc(N[C@@H](c3ccccc3)C3CC3)c(=O)n21)c1cc2c(s1)CNC2. The van der Waals surface area contributed by atoms with Crippen LogP contribution in [0, 0.1) is 5.92 Å². The molecule has 3 aliphatic rings. The van der Waals surface area contributed by atoms with Gasteiger partial charge in [-0.3, -0.25) is 14.2 Å². The van der Waals surface area contributed by atoms with Gasteiger partial charge in [-0.1, -0.05) is 30.3 Å². The van der Waals surface area contributed by atoms with Gasteiger partial charge in [-0.2, -0.15) is 0 Å². The summed E-state index contributed by atoms with van der Waals surface area (Å²) in [6.07, 6.45) is 5.34. The van der Waals surface area contributed by atoms with Crippen molar-refractivity contribution < 1.29 is 4.79 Å². The van der Waals surface area contributed by atoms with Crippen LogP contribution >= 0.6 is 11.3 Å². The third-order valence-corrected chi connectivity index (χ3v) is 8.57. The highest BCUT2D eigenvalue weighted by atomic mass is 32.1. The summed E-state index contributed by atoms with van der Waals surface area (Å²) in [4.78, 5) is 33.8. The first-order valence-corrected chi connectivity index (χ1v) is 12.9. The number of benzene rings is 1. The van der Waals surface area contributed by atoms with Crippen LogP contribution in [0.3, 0.4) is 0 Å². The molecule has 7 nitrogen and oxygen atoms in total. The summed E-state index contributed by atoms with van der Waals surface area (Å²) in [5, 5.41) is 9.93. The Balaban J connectivity index is 1.22. The lowest BCUT2D eigenvalue weighted by Crippen LogP contribution is -2.37. The van der Waals surface area contributed by atoms with Crippen LogP contribution in [0.2, 0.25) is 0 Å². The zero-order valence-corrected chi connectivity index (χ0v) is 20.0. The van der Waals surface area contributed by atoms with Crippen molar-refractivity contribution in [3.05, 3.63) is 79.5 Å². The maximum Gasteiger partial charge on any atom is 0.294 e. The molecule has 3 aromatic rings. The summed E-state index contributed by atoms with van der Waals surface area (Å²) < 4.78 is 1.66. The molecule has 0 spiro atoms. The maximum atomic E-state index is 13.5. The van der Waals surface area contributed by atoms with Crippen LogP contribution in [0.5, 0.6) is 0 Å². The molecule has 1 aromatic carbocycles. The number of rotatable bonds is 7. The van der Waals surface area contributed by atoms with Crippen molar-refractivity contribution in [1.82, 2.24) is 20.2 Å². The van der Waals surface area contributed by atoms with Gasteiger partial charge in [0.15, 0.2) is 5.82 Å². The zero-order valence-electron chi connectivity index (χ0n) is 19.2. The molecule has 0 unspecified atom stereocenters. The zero-order chi connectivity index (χ0) is 23.2. The fourth-order valence-corrected chi connectivity index (χ4v) is 6.35. The van der Waals surface area contributed by atoms with E-state index < -0.39 is 6.04 Å². The molecule has 1 aliphatic carbocycles. The molecule has 6 rings (SSSR count). The van der Waals surface area contributed by atoms with Crippen molar-refractivity contribution >= 4 is 23.1 Å². The van der Waals surface area contributed by atoms with E-state index in [0.29, 0.717) is 24.6 Å². The molecule has 1 fully saturated rings. The molecular formula is C26H29N5O2S. The first-order chi connectivity index (χ1) is 16.6. The lowest BCUT2D eigenvalue weighted by molar-refractivity contribution is -0.124. The smallest absolute Gasteiger partial charge is 0.294 e. The van der Waals surface area contributed by atoms with Gasteiger partial charge in [0.2, 0.25) is 5.91 Å². The molecule has 4 heterocycles. The average molecular weight is 476 g/mol. The van der Waals surface area contributed by atoms with Gasteiger partial charge in [0, 0.05) is 34.7 Å². The van der Waals surface area contributed by atoms with Crippen LogP contribution in [-0.2, 0) is 24.3 Å². The Bertz CT molecular complexity index is 1260. The average Bonchev–Trinajstić information content (AvgIpc) is 3.24. The van der Waals surface area contributed by atoms with E-state index in [1.807, 2.05) is 25.1 Å². The molecule has 2 aromatic heterocycles. The standard InChI is InChI=1S/C26H29N5O2S/c1-15(21-11-18-12-27-14-22(18)34-21)29-25(32)20-10-9-19-13-28-24(26(33)31(19)20)30-23(17-7-8-17)16-5-3-2-4-6-16/h2-6,11,13,15,17,20,23,27H,7-10,12,14H2,1H3,(H,28,30)(H,29,32)/t15-,20-,23-/m0/s1. The van der Waals surface area contributed by atoms with E-state index >= 15 is 0 Å². The van der Waals surface area contributed by atoms with E-state index in [0.717, 1.165) is 42.1 Å². The first kappa shape index (κ1) is 21.6. The van der Waals surface area contributed by atoms with Gasteiger partial charge in [-0.05, 0) is 55.7 Å². The lowest BCUT2D eigenvalue weighted by Gasteiger charge is -2.21. The second-order valence-corrected chi connectivity index (χ2v) is 10.8. The molecule has 0 radical (unpaired) electrons. The number of hydrogen-bond acceptors (Lipinski definition) is 6. The van der Waals surface area contributed by atoms with E-state index in [4.69, 9.17) is 0 Å². The van der Waals surface area contributed by atoms with Gasteiger partial charge < -0.3 is 16.0 Å². The summed E-state index contributed by atoms with van der Waals surface area (Å²) in [5.74, 6) is 0.739. The normalized spacial score (nSPS) is 20.4. The lowest BCUT2D eigenvalue weighted by atomic mass is 10.0. The molecule has 0 saturated heterocycles. The predicted octanol–water partition coefficient (Wildman–Crippen LogP) is 3.84. The van der Waals surface area contributed by atoms with Crippen LogP contribution < -0.4 is 21.5 Å². The van der Waals surface area contributed by atoms with Gasteiger partial charge in [0.1, 0.15) is 6.04 Å². The first-order valence-electron chi connectivity index (χ1n) is 12.1. The summed E-state index contributed by atoms with van der Waals surface area (Å²) in [7, 11) is 0. The van der Waals surface area contributed by atoms with Crippen LogP contribution in [0.15, 0.2) is 47.4 Å². The third kappa shape index (κ3) is 3.95. The molecule has 1 amide bonds. The number of thiophene rings is 1. The second-order valence-electron chi connectivity index (χ2n) is 9.63. The highest BCUT2D eigenvalue weighted by Gasteiger charge is 2.35. The van der Waals surface area contributed by atoms with Crippen LogP contribution in [0.25, 0.3) is 0 Å². The Morgan fingerprint density at radius 1 is 1.21 bits per heavy atom. The fraction of sp³-hybridized carbons (Fsp3) is 0.423. The van der Waals surface area contributed by atoms with E-state index in [2.05, 4.69) is 39.1 Å². The highest BCUT2D eigenvalue weighted by Crippen LogP contribution is 2.42. The van der Waals surface area contributed by atoms with E-state index in [1.165, 1.54) is 10.4 Å². The van der Waals surface area contributed by atoms with Crippen molar-refractivity contribution in [3.63, 3.8) is 0 Å². The van der Waals surface area contributed by atoms with E-state index in [-0.39, 0.29) is 23.6 Å². The maximum absolute atomic E-state index is 13.5. The number of amides is 1.